The summed E-state index contributed by atoms with van der Waals surface area (Å²) in [6.07, 6.45) is 21.8. The molecule has 3 saturated carbocycles. The number of carbonyl (C=O) groups is 1. The maximum absolute atomic E-state index is 12.4. The molecule has 0 bridgehead atoms. The third-order valence-electron chi connectivity index (χ3n) is 12.4. The van der Waals surface area contributed by atoms with Crippen LogP contribution < -0.4 is 16.0 Å². The van der Waals surface area contributed by atoms with Crippen LogP contribution in [-0.4, -0.2) is 43.3 Å². The van der Waals surface area contributed by atoms with E-state index in [2.05, 4.69) is 64.4 Å². The Morgan fingerprint density at radius 2 is 1.13 bits per heavy atom. The Hall–Kier alpha value is -0.690. The van der Waals surface area contributed by atoms with Crippen LogP contribution in [0, 0.1) is 40.4 Å². The Bertz CT molecular complexity index is 824. The first kappa shape index (κ1) is 37.1. The fourth-order valence-electron chi connectivity index (χ4n) is 9.28. The van der Waals surface area contributed by atoms with Gasteiger partial charge in [0, 0.05) is 25.9 Å². The van der Waals surface area contributed by atoms with Crippen LogP contribution in [0.1, 0.15) is 165 Å². The quantitative estimate of drug-likeness (QED) is 0.148. The van der Waals surface area contributed by atoms with E-state index in [0.717, 1.165) is 44.1 Å². The van der Waals surface area contributed by atoms with E-state index >= 15 is 0 Å². The molecule has 0 aromatic rings. The largest absolute Gasteiger partial charge is 0.462 e. The second-order valence-corrected chi connectivity index (χ2v) is 17.8. The molecule has 4 aliphatic rings. The minimum absolute atomic E-state index is 0.108. The van der Waals surface area contributed by atoms with E-state index in [1.54, 1.807) is 6.92 Å². The lowest BCUT2D eigenvalue weighted by Gasteiger charge is -2.51. The summed E-state index contributed by atoms with van der Waals surface area (Å²) in [6.45, 7) is 19.2. The van der Waals surface area contributed by atoms with E-state index in [-0.39, 0.29) is 30.3 Å². The SMILES string of the molecule is CCCCCCCCOC1CCC(C2NC(C3CCC(C(C)(C)C)CC3)NC(C3CCC(C(C)(C)C)CC3)N2)C(OC(C)=O)C1. The van der Waals surface area contributed by atoms with Crippen molar-refractivity contribution in [2.75, 3.05) is 6.61 Å². The van der Waals surface area contributed by atoms with Gasteiger partial charge in [0.15, 0.2) is 0 Å². The van der Waals surface area contributed by atoms with Crippen molar-refractivity contribution >= 4 is 5.97 Å². The number of carbonyl (C=O) groups excluding carboxylic acids is 1. The molecule has 1 aliphatic heterocycles. The van der Waals surface area contributed by atoms with Crippen molar-refractivity contribution in [3.63, 3.8) is 0 Å². The van der Waals surface area contributed by atoms with Crippen molar-refractivity contribution in [2.24, 2.45) is 40.4 Å². The van der Waals surface area contributed by atoms with Crippen molar-refractivity contribution in [3.8, 4) is 0 Å². The fourth-order valence-corrected chi connectivity index (χ4v) is 9.28. The van der Waals surface area contributed by atoms with Gasteiger partial charge in [0.1, 0.15) is 6.10 Å². The summed E-state index contributed by atoms with van der Waals surface area (Å²) in [7, 11) is 0. The van der Waals surface area contributed by atoms with Crippen molar-refractivity contribution in [2.45, 2.75) is 195 Å². The van der Waals surface area contributed by atoms with Gasteiger partial charge in [-0.15, -0.1) is 0 Å². The lowest BCUT2D eigenvalue weighted by Crippen LogP contribution is -2.73. The summed E-state index contributed by atoms with van der Waals surface area (Å²) in [5.74, 6) is 3.01. The van der Waals surface area contributed by atoms with Gasteiger partial charge >= 0.3 is 5.97 Å². The van der Waals surface area contributed by atoms with Gasteiger partial charge in [-0.2, -0.15) is 0 Å². The second kappa shape index (κ2) is 17.1. The molecule has 1 heterocycles. The summed E-state index contributed by atoms with van der Waals surface area (Å²) >= 11 is 0. The Morgan fingerprint density at radius 1 is 0.644 bits per heavy atom. The molecule has 5 unspecified atom stereocenters. The van der Waals surface area contributed by atoms with Crippen LogP contribution in [0.4, 0.5) is 0 Å². The summed E-state index contributed by atoms with van der Waals surface area (Å²) in [5, 5.41) is 12.3. The average molecular weight is 632 g/mol. The molecule has 0 aromatic carbocycles. The summed E-state index contributed by atoms with van der Waals surface area (Å²) < 4.78 is 12.5. The monoisotopic (exact) mass is 632 g/mol. The van der Waals surface area contributed by atoms with Crippen LogP contribution in [0.25, 0.3) is 0 Å². The highest BCUT2D eigenvalue weighted by atomic mass is 16.5. The van der Waals surface area contributed by atoms with Crippen LogP contribution in [0.3, 0.4) is 0 Å². The zero-order chi connectivity index (χ0) is 32.6. The van der Waals surface area contributed by atoms with Gasteiger partial charge in [0.2, 0.25) is 0 Å². The molecule has 3 aliphatic carbocycles. The van der Waals surface area contributed by atoms with Gasteiger partial charge < -0.3 is 9.47 Å². The molecule has 0 spiro atoms. The fraction of sp³-hybridized carbons (Fsp3) is 0.974. The summed E-state index contributed by atoms with van der Waals surface area (Å²) in [6, 6.07) is 0. The third kappa shape index (κ3) is 11.2. The first-order valence-corrected chi connectivity index (χ1v) is 19.4. The third-order valence-corrected chi connectivity index (χ3v) is 12.4. The van der Waals surface area contributed by atoms with Crippen LogP contribution in [-0.2, 0) is 14.3 Å². The van der Waals surface area contributed by atoms with Crippen LogP contribution >= 0.6 is 0 Å². The number of ether oxygens (including phenoxy) is 2. The number of nitrogens with one attached hydrogen (secondary N) is 3. The molecule has 0 radical (unpaired) electrons. The van der Waals surface area contributed by atoms with E-state index in [0.29, 0.717) is 35.0 Å². The van der Waals surface area contributed by atoms with E-state index in [9.17, 15) is 4.79 Å². The van der Waals surface area contributed by atoms with Crippen LogP contribution in [0.2, 0.25) is 0 Å². The minimum Gasteiger partial charge on any atom is -0.462 e. The van der Waals surface area contributed by atoms with Crippen molar-refractivity contribution in [1.82, 2.24) is 16.0 Å². The summed E-state index contributed by atoms with van der Waals surface area (Å²) in [4.78, 5) is 12.4. The number of rotatable bonds is 12. The lowest BCUT2D eigenvalue weighted by atomic mass is 9.68. The maximum Gasteiger partial charge on any atom is 0.302 e. The topological polar surface area (TPSA) is 71.6 Å². The van der Waals surface area contributed by atoms with E-state index in [4.69, 9.17) is 9.47 Å². The van der Waals surface area contributed by atoms with Crippen LogP contribution in [0.5, 0.6) is 0 Å². The van der Waals surface area contributed by atoms with Gasteiger partial charge in [0.25, 0.3) is 0 Å². The van der Waals surface area contributed by atoms with E-state index in [1.807, 2.05) is 0 Å². The first-order chi connectivity index (χ1) is 21.3. The molecule has 5 atom stereocenters. The Labute approximate surface area is 278 Å². The normalized spacial score (nSPS) is 36.9. The molecule has 6 nitrogen and oxygen atoms in total. The molecular weight excluding hydrogens is 558 g/mol. The van der Waals surface area contributed by atoms with Crippen LogP contribution in [0.15, 0.2) is 0 Å². The van der Waals surface area contributed by atoms with Gasteiger partial charge in [0.05, 0.1) is 24.6 Å². The van der Waals surface area contributed by atoms with E-state index < -0.39 is 0 Å². The van der Waals surface area contributed by atoms with Crippen molar-refractivity contribution < 1.29 is 14.3 Å². The smallest absolute Gasteiger partial charge is 0.302 e. The molecule has 1 saturated heterocycles. The first-order valence-electron chi connectivity index (χ1n) is 19.4. The zero-order valence-electron chi connectivity index (χ0n) is 30.7. The number of hydrogen-bond acceptors (Lipinski definition) is 6. The predicted molar refractivity (Wildman–Crippen MR) is 187 cm³/mol. The van der Waals surface area contributed by atoms with Gasteiger partial charge in [-0.3, -0.25) is 20.7 Å². The van der Waals surface area contributed by atoms with Gasteiger partial charge in [-0.05, 0) is 105 Å². The number of unbranched alkanes of at least 4 members (excludes halogenated alkanes) is 5. The highest BCUT2D eigenvalue weighted by molar-refractivity contribution is 5.66. The van der Waals surface area contributed by atoms with Crippen molar-refractivity contribution in [1.29, 1.82) is 0 Å². The standard InChI is InChI=1S/C39H73N3O3/c1-9-10-11-12-13-14-25-44-32-23-24-33(34(26-32)45-27(2)43)37-41-35(28-15-19-30(20-16-28)38(3,4)5)40-36(42-37)29-17-21-31(22-18-29)39(6,7)8/h28-37,40-42H,9-26H2,1-8H3. The summed E-state index contributed by atoms with van der Waals surface area (Å²) in [5.41, 5.74) is 0.785. The van der Waals surface area contributed by atoms with E-state index in [1.165, 1.54) is 83.5 Å². The molecule has 4 fully saturated rings. The molecule has 262 valence electrons. The lowest BCUT2D eigenvalue weighted by molar-refractivity contribution is -0.157. The highest BCUT2D eigenvalue weighted by Crippen LogP contribution is 2.43. The van der Waals surface area contributed by atoms with Crippen molar-refractivity contribution in [3.05, 3.63) is 0 Å². The Morgan fingerprint density at radius 3 is 1.62 bits per heavy atom. The number of hydrogen-bond donors (Lipinski definition) is 3. The number of esters is 1. The Balaban J connectivity index is 1.41. The second-order valence-electron chi connectivity index (χ2n) is 17.8. The average Bonchev–Trinajstić information content (AvgIpc) is 2.99. The maximum atomic E-state index is 12.4. The zero-order valence-corrected chi connectivity index (χ0v) is 30.7. The molecule has 0 amide bonds. The van der Waals surface area contributed by atoms with Gasteiger partial charge in [-0.1, -0.05) is 80.6 Å². The molecule has 0 aromatic heterocycles. The highest BCUT2D eigenvalue weighted by Gasteiger charge is 2.45. The molecule has 4 rings (SSSR count). The Kier molecular flexibility index (Phi) is 14.1. The van der Waals surface area contributed by atoms with Gasteiger partial charge in [-0.25, -0.2) is 0 Å². The minimum atomic E-state index is -0.162. The molecule has 6 heteroatoms. The molecular formula is C39H73N3O3. The molecule has 3 N–H and O–H groups in total. The molecule has 45 heavy (non-hydrogen) atoms. The predicted octanol–water partition coefficient (Wildman–Crippen LogP) is 8.93.